The summed E-state index contributed by atoms with van der Waals surface area (Å²) >= 11 is 5.86. The SMILES string of the molecule is CC(C)c1nnc([C@H]2CN(S(=O)(=O)c3cc(Cl)cnc3N)CCO2)o1. The van der Waals surface area contributed by atoms with Crippen LogP contribution in [-0.2, 0) is 14.8 Å². The van der Waals surface area contributed by atoms with Gasteiger partial charge in [0.05, 0.1) is 11.6 Å². The van der Waals surface area contributed by atoms with Crippen molar-refractivity contribution < 1.29 is 17.6 Å². The molecule has 1 aliphatic heterocycles. The molecule has 0 unspecified atom stereocenters. The second kappa shape index (κ2) is 6.87. The first kappa shape index (κ1) is 18.1. The van der Waals surface area contributed by atoms with Gasteiger partial charge in [-0.1, -0.05) is 25.4 Å². The molecule has 11 heteroatoms. The highest BCUT2D eigenvalue weighted by Crippen LogP contribution is 2.29. The van der Waals surface area contributed by atoms with Crippen molar-refractivity contribution >= 4 is 27.4 Å². The maximum Gasteiger partial charge on any atom is 0.246 e. The third kappa shape index (κ3) is 3.61. The van der Waals surface area contributed by atoms with Crippen molar-refractivity contribution in [3.8, 4) is 0 Å². The molecule has 0 radical (unpaired) electrons. The topological polar surface area (TPSA) is 124 Å². The van der Waals surface area contributed by atoms with E-state index in [0.717, 1.165) is 0 Å². The van der Waals surface area contributed by atoms with E-state index in [2.05, 4.69) is 15.2 Å². The average molecular weight is 388 g/mol. The van der Waals surface area contributed by atoms with Gasteiger partial charge < -0.3 is 14.9 Å². The molecule has 0 amide bonds. The molecule has 1 aliphatic rings. The Morgan fingerprint density at radius 1 is 1.40 bits per heavy atom. The number of aromatic nitrogens is 3. The van der Waals surface area contributed by atoms with Crippen LogP contribution in [0.4, 0.5) is 5.82 Å². The van der Waals surface area contributed by atoms with E-state index in [1.807, 2.05) is 13.8 Å². The number of anilines is 1. The van der Waals surface area contributed by atoms with Crippen LogP contribution >= 0.6 is 11.6 Å². The zero-order valence-corrected chi connectivity index (χ0v) is 15.3. The number of pyridine rings is 1. The van der Waals surface area contributed by atoms with Crippen LogP contribution < -0.4 is 5.73 Å². The molecule has 136 valence electrons. The van der Waals surface area contributed by atoms with Crippen LogP contribution in [0.2, 0.25) is 5.02 Å². The number of morpholine rings is 1. The molecule has 2 aromatic rings. The van der Waals surface area contributed by atoms with Crippen LogP contribution in [0.15, 0.2) is 21.6 Å². The van der Waals surface area contributed by atoms with Gasteiger partial charge in [-0.3, -0.25) is 0 Å². The molecular formula is C14H18ClN5O4S. The molecule has 3 heterocycles. The molecule has 0 spiro atoms. The monoisotopic (exact) mass is 387 g/mol. The Bertz CT molecular complexity index is 870. The van der Waals surface area contributed by atoms with Crippen molar-refractivity contribution in [3.05, 3.63) is 29.1 Å². The van der Waals surface area contributed by atoms with Crippen molar-refractivity contribution in [3.63, 3.8) is 0 Å². The molecule has 0 aromatic carbocycles. The molecule has 2 N–H and O–H groups in total. The Hall–Kier alpha value is -1.75. The molecule has 25 heavy (non-hydrogen) atoms. The number of hydrogen-bond acceptors (Lipinski definition) is 8. The average Bonchev–Trinajstić information content (AvgIpc) is 3.07. The van der Waals surface area contributed by atoms with Gasteiger partial charge >= 0.3 is 0 Å². The van der Waals surface area contributed by atoms with Crippen molar-refractivity contribution in [2.75, 3.05) is 25.4 Å². The van der Waals surface area contributed by atoms with Crippen molar-refractivity contribution in [2.24, 2.45) is 0 Å². The number of hydrogen-bond donors (Lipinski definition) is 1. The van der Waals surface area contributed by atoms with Crippen LogP contribution in [0, 0.1) is 0 Å². The predicted octanol–water partition coefficient (Wildman–Crippen LogP) is 1.59. The standard InChI is InChI=1S/C14H18ClN5O4S/c1-8(2)13-18-19-14(24-13)10-7-20(3-4-23-10)25(21,22)11-5-9(15)6-17-12(11)16/h5-6,8,10H,3-4,7H2,1-2H3,(H2,16,17)/t10-/m1/s1. The van der Waals surface area contributed by atoms with Crippen LogP contribution in [0.5, 0.6) is 0 Å². The lowest BCUT2D eigenvalue weighted by Gasteiger charge is -2.30. The summed E-state index contributed by atoms with van der Waals surface area (Å²) < 4.78 is 38.2. The highest BCUT2D eigenvalue weighted by atomic mass is 35.5. The first-order valence-electron chi connectivity index (χ1n) is 7.65. The summed E-state index contributed by atoms with van der Waals surface area (Å²) in [5.41, 5.74) is 5.72. The molecule has 1 saturated heterocycles. The Balaban J connectivity index is 1.86. The number of nitrogen functional groups attached to an aromatic ring is 1. The summed E-state index contributed by atoms with van der Waals surface area (Å²) in [5.74, 6) is 0.692. The summed E-state index contributed by atoms with van der Waals surface area (Å²) in [7, 11) is -3.87. The van der Waals surface area contributed by atoms with Crippen molar-refractivity contribution in [1.82, 2.24) is 19.5 Å². The van der Waals surface area contributed by atoms with Gasteiger partial charge in [-0.2, -0.15) is 4.31 Å². The molecule has 9 nitrogen and oxygen atoms in total. The minimum atomic E-state index is -3.87. The minimum absolute atomic E-state index is 0.0357. The molecule has 0 aliphatic carbocycles. The second-order valence-electron chi connectivity index (χ2n) is 5.89. The minimum Gasteiger partial charge on any atom is -0.422 e. The second-order valence-corrected chi connectivity index (χ2v) is 8.24. The van der Waals surface area contributed by atoms with Crippen LogP contribution in [0.25, 0.3) is 0 Å². The van der Waals surface area contributed by atoms with Crippen molar-refractivity contribution in [1.29, 1.82) is 0 Å². The van der Waals surface area contributed by atoms with E-state index in [-0.39, 0.29) is 47.2 Å². The largest absolute Gasteiger partial charge is 0.422 e. The predicted molar refractivity (Wildman–Crippen MR) is 89.5 cm³/mol. The Morgan fingerprint density at radius 2 is 2.16 bits per heavy atom. The van der Waals surface area contributed by atoms with E-state index in [0.29, 0.717) is 5.89 Å². The lowest BCUT2D eigenvalue weighted by Crippen LogP contribution is -2.42. The quantitative estimate of drug-likeness (QED) is 0.838. The van der Waals surface area contributed by atoms with Gasteiger partial charge in [-0.05, 0) is 6.07 Å². The van der Waals surface area contributed by atoms with Gasteiger partial charge in [0.2, 0.25) is 21.8 Å². The van der Waals surface area contributed by atoms with Gasteiger partial charge in [0.15, 0.2) is 0 Å². The number of sulfonamides is 1. The van der Waals surface area contributed by atoms with Gasteiger partial charge in [0.25, 0.3) is 0 Å². The molecule has 2 aromatic heterocycles. The normalized spacial score (nSPS) is 19.4. The smallest absolute Gasteiger partial charge is 0.246 e. The molecular weight excluding hydrogens is 370 g/mol. The zero-order valence-electron chi connectivity index (χ0n) is 13.7. The van der Waals surface area contributed by atoms with Gasteiger partial charge in [-0.25, -0.2) is 13.4 Å². The molecule has 1 atom stereocenters. The molecule has 0 saturated carbocycles. The van der Waals surface area contributed by atoms with E-state index in [9.17, 15) is 8.42 Å². The summed E-state index contributed by atoms with van der Waals surface area (Å²) in [5, 5.41) is 8.10. The summed E-state index contributed by atoms with van der Waals surface area (Å²) in [4.78, 5) is 3.68. The third-order valence-corrected chi connectivity index (χ3v) is 5.82. The number of nitrogens with two attached hydrogens (primary N) is 1. The molecule has 1 fully saturated rings. The number of rotatable bonds is 4. The third-order valence-electron chi connectivity index (χ3n) is 3.72. The van der Waals surface area contributed by atoms with Crippen LogP contribution in [0.1, 0.15) is 37.7 Å². The number of halogens is 1. The Kier molecular flexibility index (Phi) is 4.96. The van der Waals surface area contributed by atoms with E-state index in [4.69, 9.17) is 26.5 Å². The number of nitrogens with zero attached hydrogens (tertiary/aromatic N) is 4. The Labute approximate surface area is 150 Å². The van der Waals surface area contributed by atoms with Gasteiger partial charge in [0.1, 0.15) is 16.8 Å². The maximum atomic E-state index is 12.9. The summed E-state index contributed by atoms with van der Waals surface area (Å²) in [6.07, 6.45) is 0.654. The fourth-order valence-corrected chi connectivity index (χ4v) is 4.12. The highest BCUT2D eigenvalue weighted by molar-refractivity contribution is 7.89. The van der Waals surface area contributed by atoms with E-state index < -0.39 is 16.1 Å². The van der Waals surface area contributed by atoms with E-state index in [1.165, 1.54) is 16.6 Å². The first-order chi connectivity index (χ1) is 11.8. The molecule has 0 bridgehead atoms. The van der Waals surface area contributed by atoms with Gasteiger partial charge in [-0.15, -0.1) is 10.2 Å². The maximum absolute atomic E-state index is 12.9. The molecule has 3 rings (SSSR count). The van der Waals surface area contributed by atoms with E-state index >= 15 is 0 Å². The summed E-state index contributed by atoms with van der Waals surface area (Å²) in [6, 6.07) is 1.28. The van der Waals surface area contributed by atoms with Crippen molar-refractivity contribution in [2.45, 2.75) is 30.8 Å². The fraction of sp³-hybridized carbons (Fsp3) is 0.500. The highest BCUT2D eigenvalue weighted by Gasteiger charge is 2.35. The zero-order chi connectivity index (χ0) is 18.2. The van der Waals surface area contributed by atoms with E-state index in [1.54, 1.807) is 0 Å². The first-order valence-corrected chi connectivity index (χ1v) is 9.47. The van der Waals surface area contributed by atoms with Gasteiger partial charge in [0, 0.05) is 25.2 Å². The summed E-state index contributed by atoms with van der Waals surface area (Å²) in [6.45, 7) is 4.25. The van der Waals surface area contributed by atoms with Crippen LogP contribution in [0.3, 0.4) is 0 Å². The number of ether oxygens (including phenoxy) is 1. The lowest BCUT2D eigenvalue weighted by molar-refractivity contribution is -0.0179. The fourth-order valence-electron chi connectivity index (χ4n) is 2.38. The van der Waals surface area contributed by atoms with Crippen LogP contribution in [-0.4, -0.2) is 47.6 Å². The Morgan fingerprint density at radius 3 is 2.84 bits per heavy atom. The lowest BCUT2D eigenvalue weighted by atomic mass is 10.2.